The van der Waals surface area contributed by atoms with Crippen LogP contribution >= 0.6 is 11.6 Å². The summed E-state index contributed by atoms with van der Waals surface area (Å²) < 4.78 is 16.0. The molecule has 0 unspecified atom stereocenters. The molecule has 132 valence electrons. The second-order valence-corrected chi connectivity index (χ2v) is 6.39. The van der Waals surface area contributed by atoms with Crippen LogP contribution in [-0.2, 0) is 4.79 Å². The van der Waals surface area contributed by atoms with E-state index in [1.807, 2.05) is 0 Å². The number of amides is 1. The molecule has 0 saturated heterocycles. The molecule has 0 saturated carbocycles. The van der Waals surface area contributed by atoms with Gasteiger partial charge in [-0.2, -0.15) is 14.9 Å². The van der Waals surface area contributed by atoms with Gasteiger partial charge >= 0.3 is 0 Å². The Balaban J connectivity index is 1.91. The third-order valence-corrected chi connectivity index (χ3v) is 4.63. The Labute approximate surface area is 151 Å². The first kappa shape index (κ1) is 16.5. The molecule has 1 amide bonds. The fourth-order valence-corrected chi connectivity index (χ4v) is 3.41. The Hall–Kier alpha value is -3.00. The van der Waals surface area contributed by atoms with Crippen LogP contribution in [0.4, 0.5) is 10.2 Å². The second-order valence-electron chi connectivity index (χ2n) is 5.99. The number of H-pyrrole nitrogens is 1. The normalized spacial score (nSPS) is 16.3. The van der Waals surface area contributed by atoms with Gasteiger partial charge < -0.3 is 5.32 Å². The molecule has 0 spiro atoms. The van der Waals surface area contributed by atoms with Gasteiger partial charge in [-0.25, -0.2) is 9.49 Å². The summed E-state index contributed by atoms with van der Waals surface area (Å²) in [6.07, 6.45) is 0.0792. The van der Waals surface area contributed by atoms with E-state index in [0.29, 0.717) is 28.5 Å². The lowest BCUT2D eigenvalue weighted by atomic mass is 9.85. The van der Waals surface area contributed by atoms with Crippen molar-refractivity contribution in [1.29, 1.82) is 0 Å². The van der Waals surface area contributed by atoms with E-state index >= 15 is 0 Å². The van der Waals surface area contributed by atoms with E-state index in [0.717, 1.165) is 0 Å². The van der Waals surface area contributed by atoms with Crippen LogP contribution in [0, 0.1) is 12.7 Å². The fourth-order valence-electron chi connectivity index (χ4n) is 3.22. The van der Waals surface area contributed by atoms with Crippen molar-refractivity contribution in [2.75, 3.05) is 5.32 Å². The standard InChI is InChI=1S/C17H13ClFN5O2/c1-8-15-10(9-3-2-4-11(18)16(9)19)7-14(26)20-17(15)24(23-8)12-5-6-13(25)22-21-12/h2-6,10H,7H2,1H3,(H,20,26)(H,22,25)/t10-/m0/s1. The van der Waals surface area contributed by atoms with E-state index in [1.54, 1.807) is 19.1 Å². The number of hydrogen-bond acceptors (Lipinski definition) is 4. The number of aromatic nitrogens is 4. The summed E-state index contributed by atoms with van der Waals surface area (Å²) in [7, 11) is 0. The van der Waals surface area contributed by atoms with Gasteiger partial charge in [0.1, 0.15) is 11.6 Å². The molecule has 1 aliphatic rings. The van der Waals surface area contributed by atoms with Gasteiger partial charge in [0, 0.05) is 24.0 Å². The Morgan fingerprint density at radius 1 is 1.27 bits per heavy atom. The molecule has 0 aliphatic carbocycles. The van der Waals surface area contributed by atoms with Crippen LogP contribution in [-0.4, -0.2) is 25.9 Å². The van der Waals surface area contributed by atoms with Gasteiger partial charge in [0.2, 0.25) is 5.91 Å². The fraction of sp³-hybridized carbons (Fsp3) is 0.176. The number of aromatic amines is 1. The second kappa shape index (κ2) is 6.06. The number of carbonyl (C=O) groups is 1. The van der Waals surface area contributed by atoms with Gasteiger partial charge in [-0.3, -0.25) is 9.59 Å². The Kier molecular flexibility index (Phi) is 3.84. The molecule has 2 aromatic heterocycles. The van der Waals surface area contributed by atoms with E-state index in [-0.39, 0.29) is 22.9 Å². The topological polar surface area (TPSA) is 92.7 Å². The van der Waals surface area contributed by atoms with Gasteiger partial charge in [0.15, 0.2) is 5.82 Å². The first-order chi connectivity index (χ1) is 12.5. The van der Waals surface area contributed by atoms with Crippen LogP contribution in [0.1, 0.15) is 29.2 Å². The van der Waals surface area contributed by atoms with Gasteiger partial charge in [0.05, 0.1) is 10.7 Å². The molecule has 1 aliphatic heterocycles. The van der Waals surface area contributed by atoms with Crippen molar-refractivity contribution in [2.45, 2.75) is 19.3 Å². The first-order valence-electron chi connectivity index (χ1n) is 7.85. The van der Waals surface area contributed by atoms with Crippen LogP contribution in [0.2, 0.25) is 5.02 Å². The van der Waals surface area contributed by atoms with Crippen LogP contribution in [0.15, 0.2) is 35.1 Å². The Bertz CT molecular complexity index is 1070. The molecule has 3 aromatic rings. The van der Waals surface area contributed by atoms with Crippen molar-refractivity contribution < 1.29 is 9.18 Å². The van der Waals surface area contributed by atoms with Crippen molar-refractivity contribution >= 4 is 23.3 Å². The predicted molar refractivity (Wildman–Crippen MR) is 93.2 cm³/mol. The third kappa shape index (κ3) is 2.59. The summed E-state index contributed by atoms with van der Waals surface area (Å²) in [5.41, 5.74) is 1.30. The molecule has 0 fully saturated rings. The zero-order chi connectivity index (χ0) is 18.4. The number of nitrogens with zero attached hydrogens (tertiary/aromatic N) is 3. The smallest absolute Gasteiger partial charge is 0.264 e. The average Bonchev–Trinajstić information content (AvgIpc) is 2.94. The molecular formula is C17H13ClFN5O2. The Morgan fingerprint density at radius 3 is 2.81 bits per heavy atom. The van der Waals surface area contributed by atoms with Gasteiger partial charge in [-0.1, -0.05) is 23.7 Å². The molecule has 9 heteroatoms. The van der Waals surface area contributed by atoms with Crippen LogP contribution < -0.4 is 10.9 Å². The molecule has 1 atom stereocenters. The maximum Gasteiger partial charge on any atom is 0.264 e. The molecule has 7 nitrogen and oxygen atoms in total. The molecule has 3 heterocycles. The van der Waals surface area contributed by atoms with Crippen molar-refractivity contribution in [1.82, 2.24) is 20.0 Å². The highest BCUT2D eigenvalue weighted by Gasteiger charge is 2.34. The van der Waals surface area contributed by atoms with Crippen LogP contribution in [0.5, 0.6) is 0 Å². The minimum absolute atomic E-state index is 0.00220. The number of rotatable bonds is 2. The molecule has 2 N–H and O–H groups in total. The van der Waals surface area contributed by atoms with E-state index in [2.05, 4.69) is 20.6 Å². The highest BCUT2D eigenvalue weighted by atomic mass is 35.5. The van der Waals surface area contributed by atoms with Crippen molar-refractivity contribution in [3.63, 3.8) is 0 Å². The summed E-state index contributed by atoms with van der Waals surface area (Å²) in [6, 6.07) is 7.52. The number of aryl methyl sites for hydroxylation is 1. The van der Waals surface area contributed by atoms with Crippen LogP contribution in [0.25, 0.3) is 5.82 Å². The summed E-state index contributed by atoms with van der Waals surface area (Å²) in [5.74, 6) is -0.598. The van der Waals surface area contributed by atoms with Gasteiger partial charge in [-0.05, 0) is 24.6 Å². The maximum atomic E-state index is 14.6. The summed E-state index contributed by atoms with van der Waals surface area (Å²) in [4.78, 5) is 23.5. The molecule has 1 aromatic carbocycles. The zero-order valence-corrected chi connectivity index (χ0v) is 14.3. The number of carbonyl (C=O) groups excluding carboxylic acids is 1. The third-order valence-electron chi connectivity index (χ3n) is 4.34. The average molecular weight is 374 g/mol. The maximum absolute atomic E-state index is 14.6. The minimum atomic E-state index is -0.547. The highest BCUT2D eigenvalue weighted by molar-refractivity contribution is 6.30. The molecule has 26 heavy (non-hydrogen) atoms. The first-order valence-corrected chi connectivity index (χ1v) is 8.23. The zero-order valence-electron chi connectivity index (χ0n) is 13.6. The summed E-state index contributed by atoms with van der Waals surface area (Å²) in [5, 5.41) is 13.5. The lowest BCUT2D eigenvalue weighted by molar-refractivity contribution is -0.116. The Morgan fingerprint density at radius 2 is 2.08 bits per heavy atom. The van der Waals surface area contributed by atoms with Crippen molar-refractivity contribution in [3.8, 4) is 5.82 Å². The number of hydrogen-bond donors (Lipinski definition) is 2. The monoisotopic (exact) mass is 373 g/mol. The predicted octanol–water partition coefficient (Wildman–Crippen LogP) is 2.53. The van der Waals surface area contributed by atoms with Crippen molar-refractivity contribution in [2.24, 2.45) is 0 Å². The molecule has 0 radical (unpaired) electrons. The number of nitrogens with one attached hydrogen (secondary N) is 2. The number of halogens is 2. The number of fused-ring (bicyclic) bond motifs is 1. The molecule has 0 bridgehead atoms. The van der Waals surface area contributed by atoms with E-state index in [9.17, 15) is 14.0 Å². The molecular weight excluding hydrogens is 361 g/mol. The summed E-state index contributed by atoms with van der Waals surface area (Å²) >= 11 is 5.91. The number of benzene rings is 1. The van der Waals surface area contributed by atoms with Crippen molar-refractivity contribution in [3.05, 3.63) is 68.3 Å². The van der Waals surface area contributed by atoms with Gasteiger partial charge in [0.25, 0.3) is 5.56 Å². The van der Waals surface area contributed by atoms with E-state index in [1.165, 1.54) is 22.9 Å². The lowest BCUT2D eigenvalue weighted by Gasteiger charge is -2.24. The highest BCUT2D eigenvalue weighted by Crippen LogP contribution is 2.41. The minimum Gasteiger partial charge on any atom is -0.310 e. The van der Waals surface area contributed by atoms with Gasteiger partial charge in [-0.15, -0.1) is 0 Å². The van der Waals surface area contributed by atoms with Crippen LogP contribution in [0.3, 0.4) is 0 Å². The van der Waals surface area contributed by atoms with E-state index < -0.39 is 11.7 Å². The van der Waals surface area contributed by atoms with E-state index in [4.69, 9.17) is 11.6 Å². The number of anilines is 1. The molecule has 4 rings (SSSR count). The largest absolute Gasteiger partial charge is 0.310 e. The lowest BCUT2D eigenvalue weighted by Crippen LogP contribution is -2.25. The SMILES string of the molecule is Cc1nn(-c2ccc(=O)[nH]n2)c2c1[C@H](c1cccc(Cl)c1F)CC(=O)N2. The quantitative estimate of drug-likeness (QED) is 0.722. The summed E-state index contributed by atoms with van der Waals surface area (Å²) in [6.45, 7) is 1.77.